The largest absolute Gasteiger partial charge is 0.293 e. The quantitative estimate of drug-likeness (QED) is 0.645. The first kappa shape index (κ1) is 13.4. The topological polar surface area (TPSA) is 30.0 Å². The lowest BCUT2D eigenvalue weighted by Crippen LogP contribution is -2.02. The molecule has 2 aromatic heterocycles. The van der Waals surface area contributed by atoms with Gasteiger partial charge in [-0.05, 0) is 51.6 Å². The van der Waals surface area contributed by atoms with E-state index < -0.39 is 0 Å². The maximum atomic E-state index is 13.1. The second-order valence-electron chi connectivity index (χ2n) is 4.36. The second-order valence-corrected chi connectivity index (χ2v) is 6.36. The Kier molecular flexibility index (Phi) is 3.63. The van der Waals surface area contributed by atoms with E-state index in [9.17, 15) is 9.18 Å². The van der Waals surface area contributed by atoms with Crippen LogP contribution in [0.3, 0.4) is 0 Å². The first-order valence-corrected chi connectivity index (χ1v) is 7.55. The fourth-order valence-corrected chi connectivity index (χ4v) is 3.16. The Balaban J connectivity index is 1.86. The van der Waals surface area contributed by atoms with Gasteiger partial charge in [0.15, 0.2) is 5.78 Å². The van der Waals surface area contributed by atoms with E-state index in [1.54, 1.807) is 18.3 Å². The smallest absolute Gasteiger partial charge is 0.178 e. The Morgan fingerprint density at radius 3 is 2.85 bits per heavy atom. The van der Waals surface area contributed by atoms with E-state index in [0.29, 0.717) is 4.88 Å². The molecular formula is C15H9BrFNOS. The number of rotatable bonds is 3. The fourth-order valence-electron chi connectivity index (χ4n) is 1.91. The van der Waals surface area contributed by atoms with Crippen LogP contribution in [0.25, 0.3) is 10.1 Å². The lowest BCUT2D eigenvalue weighted by Gasteiger charge is -1.98. The molecule has 3 aromatic rings. The summed E-state index contributed by atoms with van der Waals surface area (Å²) >= 11 is 4.62. The van der Waals surface area contributed by atoms with Crippen molar-refractivity contribution in [3.05, 3.63) is 63.5 Å². The number of benzene rings is 1. The Bertz CT molecular complexity index is 782. The van der Waals surface area contributed by atoms with Crippen LogP contribution >= 0.6 is 27.3 Å². The minimum atomic E-state index is -0.284. The van der Waals surface area contributed by atoms with Crippen LogP contribution in [0.5, 0.6) is 0 Å². The van der Waals surface area contributed by atoms with Gasteiger partial charge in [0.2, 0.25) is 0 Å². The van der Waals surface area contributed by atoms with Gasteiger partial charge in [-0.15, -0.1) is 11.3 Å². The first-order chi connectivity index (χ1) is 9.61. The van der Waals surface area contributed by atoms with Crippen molar-refractivity contribution >= 4 is 43.1 Å². The van der Waals surface area contributed by atoms with Crippen molar-refractivity contribution in [2.75, 3.05) is 0 Å². The Morgan fingerprint density at radius 1 is 1.25 bits per heavy atom. The average molecular weight is 350 g/mol. The van der Waals surface area contributed by atoms with E-state index in [-0.39, 0.29) is 18.0 Å². The molecule has 0 saturated carbocycles. The standard InChI is InChI=1S/C15H9BrFNOS/c16-10-2-4-12(18-8-10)7-13(19)15-5-9-1-3-11(17)6-14(9)20-15/h1-6,8H,7H2. The minimum Gasteiger partial charge on any atom is -0.293 e. The van der Waals surface area contributed by atoms with Crippen LogP contribution in [-0.2, 0) is 6.42 Å². The molecule has 0 spiro atoms. The van der Waals surface area contributed by atoms with Gasteiger partial charge in [-0.1, -0.05) is 6.07 Å². The number of nitrogens with zero attached hydrogens (tertiary/aromatic N) is 1. The normalized spacial score (nSPS) is 10.9. The zero-order chi connectivity index (χ0) is 14.1. The first-order valence-electron chi connectivity index (χ1n) is 5.94. The van der Waals surface area contributed by atoms with Crippen molar-refractivity contribution in [1.82, 2.24) is 4.98 Å². The summed E-state index contributed by atoms with van der Waals surface area (Å²) in [6.07, 6.45) is 1.92. The molecule has 2 nitrogen and oxygen atoms in total. The molecule has 0 aliphatic rings. The second kappa shape index (κ2) is 5.42. The number of aromatic nitrogens is 1. The Hall–Kier alpha value is -1.59. The number of carbonyl (C=O) groups is 1. The van der Waals surface area contributed by atoms with Crippen molar-refractivity contribution in [2.45, 2.75) is 6.42 Å². The molecule has 0 aliphatic carbocycles. The number of Topliss-reactive ketones (excluding diaryl/α,β-unsaturated/α-hetero) is 1. The number of thiophene rings is 1. The van der Waals surface area contributed by atoms with Crippen LogP contribution in [0, 0.1) is 5.82 Å². The molecule has 0 saturated heterocycles. The summed E-state index contributed by atoms with van der Waals surface area (Å²) in [4.78, 5) is 17.0. The molecular weight excluding hydrogens is 341 g/mol. The SMILES string of the molecule is O=C(Cc1ccc(Br)cn1)c1cc2ccc(F)cc2s1. The van der Waals surface area contributed by atoms with E-state index in [1.165, 1.54) is 23.5 Å². The Labute approximate surface area is 127 Å². The number of carbonyl (C=O) groups excluding carboxylic acids is 1. The molecule has 3 rings (SSSR count). The number of fused-ring (bicyclic) bond motifs is 1. The maximum Gasteiger partial charge on any atom is 0.178 e. The average Bonchev–Trinajstić information content (AvgIpc) is 2.84. The number of ketones is 1. The summed E-state index contributed by atoms with van der Waals surface area (Å²) in [6.45, 7) is 0. The number of pyridine rings is 1. The van der Waals surface area contributed by atoms with Crippen molar-refractivity contribution < 1.29 is 9.18 Å². The molecule has 2 heterocycles. The van der Waals surface area contributed by atoms with E-state index in [0.717, 1.165) is 20.3 Å². The van der Waals surface area contributed by atoms with E-state index in [1.807, 2.05) is 12.1 Å². The fraction of sp³-hybridized carbons (Fsp3) is 0.0667. The third kappa shape index (κ3) is 2.78. The third-order valence-electron chi connectivity index (χ3n) is 2.89. The number of hydrogen-bond acceptors (Lipinski definition) is 3. The molecule has 5 heteroatoms. The maximum absolute atomic E-state index is 13.1. The monoisotopic (exact) mass is 349 g/mol. The van der Waals surface area contributed by atoms with Gasteiger partial charge >= 0.3 is 0 Å². The minimum absolute atomic E-state index is 0.00132. The highest BCUT2D eigenvalue weighted by molar-refractivity contribution is 9.10. The molecule has 0 aliphatic heterocycles. The van der Waals surface area contributed by atoms with Crippen molar-refractivity contribution in [3.8, 4) is 0 Å². The highest BCUT2D eigenvalue weighted by Gasteiger charge is 2.12. The zero-order valence-corrected chi connectivity index (χ0v) is 12.7. The summed E-state index contributed by atoms with van der Waals surface area (Å²) in [5.74, 6) is -0.283. The van der Waals surface area contributed by atoms with Gasteiger partial charge in [0.05, 0.1) is 11.3 Å². The highest BCUT2D eigenvalue weighted by Crippen LogP contribution is 2.27. The van der Waals surface area contributed by atoms with Crippen LogP contribution in [0.1, 0.15) is 15.4 Å². The van der Waals surface area contributed by atoms with Gasteiger partial charge in [0.1, 0.15) is 5.82 Å². The lowest BCUT2D eigenvalue weighted by molar-refractivity contribution is 0.0996. The molecule has 0 fully saturated rings. The van der Waals surface area contributed by atoms with Gasteiger partial charge in [0.25, 0.3) is 0 Å². The summed E-state index contributed by atoms with van der Waals surface area (Å²) in [5, 5.41) is 0.892. The van der Waals surface area contributed by atoms with Gasteiger partial charge in [0, 0.05) is 21.1 Å². The van der Waals surface area contributed by atoms with Gasteiger partial charge in [-0.25, -0.2) is 4.39 Å². The van der Waals surface area contributed by atoms with Crippen molar-refractivity contribution in [1.29, 1.82) is 0 Å². The molecule has 0 unspecified atom stereocenters. The Morgan fingerprint density at radius 2 is 2.10 bits per heavy atom. The van der Waals surface area contributed by atoms with Crippen molar-refractivity contribution in [3.63, 3.8) is 0 Å². The lowest BCUT2D eigenvalue weighted by atomic mass is 10.1. The molecule has 0 atom stereocenters. The predicted octanol–water partition coefficient (Wildman–Crippen LogP) is 4.62. The summed E-state index contributed by atoms with van der Waals surface area (Å²) in [5.41, 5.74) is 0.724. The highest BCUT2D eigenvalue weighted by atomic mass is 79.9. The molecule has 0 radical (unpaired) electrons. The number of hydrogen-bond donors (Lipinski definition) is 0. The van der Waals surface area contributed by atoms with E-state index in [2.05, 4.69) is 20.9 Å². The van der Waals surface area contributed by atoms with Gasteiger partial charge < -0.3 is 0 Å². The van der Waals surface area contributed by atoms with Gasteiger partial charge in [-0.2, -0.15) is 0 Å². The van der Waals surface area contributed by atoms with Crippen LogP contribution in [0.15, 0.2) is 47.1 Å². The third-order valence-corrected chi connectivity index (χ3v) is 4.50. The summed E-state index contributed by atoms with van der Waals surface area (Å²) in [7, 11) is 0. The van der Waals surface area contributed by atoms with Crippen molar-refractivity contribution in [2.24, 2.45) is 0 Å². The molecule has 100 valence electrons. The number of halogens is 2. The molecule has 20 heavy (non-hydrogen) atoms. The molecule has 1 aromatic carbocycles. The molecule has 0 bridgehead atoms. The molecule has 0 N–H and O–H groups in total. The zero-order valence-electron chi connectivity index (χ0n) is 10.3. The predicted molar refractivity (Wildman–Crippen MR) is 81.8 cm³/mol. The van der Waals surface area contributed by atoms with Crippen LogP contribution in [0.4, 0.5) is 4.39 Å². The van der Waals surface area contributed by atoms with Crippen LogP contribution in [-0.4, -0.2) is 10.8 Å². The van der Waals surface area contributed by atoms with Crippen LogP contribution in [0.2, 0.25) is 0 Å². The van der Waals surface area contributed by atoms with Gasteiger partial charge in [-0.3, -0.25) is 9.78 Å². The van der Waals surface area contributed by atoms with E-state index in [4.69, 9.17) is 0 Å². The van der Waals surface area contributed by atoms with E-state index >= 15 is 0 Å². The van der Waals surface area contributed by atoms with Crippen LogP contribution < -0.4 is 0 Å². The summed E-state index contributed by atoms with van der Waals surface area (Å²) < 4.78 is 14.8. The molecule has 0 amide bonds. The summed E-state index contributed by atoms with van der Waals surface area (Å²) in [6, 6.07) is 10.0.